The van der Waals surface area contributed by atoms with E-state index >= 15 is 0 Å². The lowest BCUT2D eigenvalue weighted by Gasteiger charge is -2.30. The Kier molecular flexibility index (Phi) is 6.26. The molecule has 0 radical (unpaired) electrons. The van der Waals surface area contributed by atoms with Gasteiger partial charge in [-0.25, -0.2) is 0 Å². The molecule has 2 nitrogen and oxygen atoms in total. The van der Waals surface area contributed by atoms with Crippen LogP contribution in [0.2, 0.25) is 0 Å². The molecule has 0 N–H and O–H groups in total. The van der Waals surface area contributed by atoms with Gasteiger partial charge in [-0.3, -0.25) is 0 Å². The molecule has 1 heterocycles. The lowest BCUT2D eigenvalue weighted by molar-refractivity contribution is 0.188. The summed E-state index contributed by atoms with van der Waals surface area (Å²) in [5, 5.41) is 0. The van der Waals surface area contributed by atoms with E-state index in [-0.39, 0.29) is 0 Å². The number of hydrogen-bond donors (Lipinski definition) is 0. The normalized spacial score (nSPS) is 20.0. The summed E-state index contributed by atoms with van der Waals surface area (Å²) >= 11 is 0. The zero-order valence-corrected chi connectivity index (χ0v) is 10.8. The van der Waals surface area contributed by atoms with Crippen LogP contribution in [0.5, 0.6) is 0 Å². The highest BCUT2D eigenvalue weighted by molar-refractivity contribution is 4.71. The minimum atomic E-state index is 0.993. The van der Waals surface area contributed by atoms with Gasteiger partial charge in [0.1, 0.15) is 0 Å². The summed E-state index contributed by atoms with van der Waals surface area (Å²) < 4.78 is 0. The maximum atomic E-state index is 2.60. The zero-order valence-electron chi connectivity index (χ0n) is 10.8. The first kappa shape index (κ1) is 13.0. The van der Waals surface area contributed by atoms with Gasteiger partial charge in [0, 0.05) is 0 Å². The van der Waals surface area contributed by atoms with E-state index < -0.39 is 0 Å². The van der Waals surface area contributed by atoms with Gasteiger partial charge < -0.3 is 9.80 Å². The fourth-order valence-electron chi connectivity index (χ4n) is 2.46. The van der Waals surface area contributed by atoms with Crippen LogP contribution >= 0.6 is 0 Å². The molecule has 0 amide bonds. The summed E-state index contributed by atoms with van der Waals surface area (Å²) in [6.45, 7) is 11.0. The highest BCUT2D eigenvalue weighted by atomic mass is 15.1. The van der Waals surface area contributed by atoms with Gasteiger partial charge in [-0.15, -0.1) is 0 Å². The van der Waals surface area contributed by atoms with Crippen molar-refractivity contribution in [3.05, 3.63) is 0 Å². The maximum Gasteiger partial charge on any atom is -0.00162 e. The van der Waals surface area contributed by atoms with Crippen molar-refractivity contribution in [2.75, 3.05) is 39.8 Å². The van der Waals surface area contributed by atoms with Crippen molar-refractivity contribution in [3.63, 3.8) is 0 Å². The molecule has 0 aliphatic carbocycles. The van der Waals surface area contributed by atoms with E-state index in [1.54, 1.807) is 0 Å². The van der Waals surface area contributed by atoms with Crippen LogP contribution in [0, 0.1) is 5.92 Å². The lowest BCUT2D eigenvalue weighted by Crippen LogP contribution is -2.33. The topological polar surface area (TPSA) is 6.48 Å². The molecule has 0 aromatic rings. The van der Waals surface area contributed by atoms with Crippen molar-refractivity contribution in [2.45, 2.75) is 39.5 Å². The molecule has 1 aliphatic heterocycles. The average molecular weight is 212 g/mol. The fraction of sp³-hybridized carbons (Fsp3) is 1.00. The molecule has 0 saturated carbocycles. The largest absolute Gasteiger partial charge is 0.306 e. The Morgan fingerprint density at radius 1 is 1.13 bits per heavy atom. The van der Waals surface area contributed by atoms with Crippen LogP contribution in [0.3, 0.4) is 0 Å². The molecular formula is C13H28N2. The molecule has 0 unspecified atom stereocenters. The monoisotopic (exact) mass is 212 g/mol. The van der Waals surface area contributed by atoms with Gasteiger partial charge in [-0.2, -0.15) is 0 Å². The van der Waals surface area contributed by atoms with Crippen molar-refractivity contribution in [3.8, 4) is 0 Å². The summed E-state index contributed by atoms with van der Waals surface area (Å²) in [4.78, 5) is 5.05. The quantitative estimate of drug-likeness (QED) is 0.667. The first-order valence-electron chi connectivity index (χ1n) is 6.67. The van der Waals surface area contributed by atoms with Crippen LogP contribution in [0.4, 0.5) is 0 Å². The predicted molar refractivity (Wildman–Crippen MR) is 67.2 cm³/mol. The van der Waals surface area contributed by atoms with Gasteiger partial charge in [0.2, 0.25) is 0 Å². The summed E-state index contributed by atoms with van der Waals surface area (Å²) in [6.07, 6.45) is 5.54. The molecule has 0 aromatic carbocycles. The Morgan fingerprint density at radius 3 is 2.33 bits per heavy atom. The van der Waals surface area contributed by atoms with Gasteiger partial charge in [0.25, 0.3) is 0 Å². The van der Waals surface area contributed by atoms with Crippen LogP contribution in [-0.4, -0.2) is 49.6 Å². The summed E-state index contributed by atoms with van der Waals surface area (Å²) in [5.41, 5.74) is 0. The molecule has 0 bridgehead atoms. The van der Waals surface area contributed by atoms with E-state index in [0.29, 0.717) is 0 Å². The van der Waals surface area contributed by atoms with Crippen molar-refractivity contribution in [1.29, 1.82) is 0 Å². The number of hydrogen-bond acceptors (Lipinski definition) is 2. The third-order valence-corrected chi connectivity index (χ3v) is 3.68. The van der Waals surface area contributed by atoms with Gasteiger partial charge in [-0.1, -0.05) is 13.8 Å². The molecule has 1 saturated heterocycles. The van der Waals surface area contributed by atoms with Crippen LogP contribution < -0.4 is 0 Å². The Labute approximate surface area is 95.6 Å². The number of rotatable bonds is 6. The summed E-state index contributed by atoms with van der Waals surface area (Å²) in [6, 6.07) is 0. The predicted octanol–water partition coefficient (Wildman–Crippen LogP) is 2.45. The third-order valence-electron chi connectivity index (χ3n) is 3.68. The molecule has 1 aliphatic rings. The zero-order chi connectivity index (χ0) is 11.1. The van der Waals surface area contributed by atoms with Crippen molar-refractivity contribution >= 4 is 0 Å². The van der Waals surface area contributed by atoms with E-state index in [2.05, 4.69) is 30.7 Å². The van der Waals surface area contributed by atoms with Crippen LogP contribution in [-0.2, 0) is 0 Å². The SMILES string of the molecule is CCCN(CC)CCC1CCN(C)CC1. The number of piperidine rings is 1. The minimum Gasteiger partial charge on any atom is -0.306 e. The molecule has 1 rings (SSSR count). The molecule has 2 heteroatoms. The lowest BCUT2D eigenvalue weighted by atomic mass is 9.93. The Balaban J connectivity index is 2.12. The second-order valence-corrected chi connectivity index (χ2v) is 4.97. The highest BCUT2D eigenvalue weighted by Crippen LogP contribution is 2.19. The standard InChI is InChI=1S/C13H28N2/c1-4-9-15(5-2)12-8-13-6-10-14(3)11-7-13/h13H,4-12H2,1-3H3. The maximum absolute atomic E-state index is 2.60. The van der Waals surface area contributed by atoms with Gasteiger partial charge in [-0.05, 0) is 71.4 Å². The summed E-state index contributed by atoms with van der Waals surface area (Å²) in [7, 11) is 2.24. The Morgan fingerprint density at radius 2 is 1.80 bits per heavy atom. The summed E-state index contributed by atoms with van der Waals surface area (Å²) in [5.74, 6) is 0.993. The van der Waals surface area contributed by atoms with Gasteiger partial charge >= 0.3 is 0 Å². The van der Waals surface area contributed by atoms with Crippen molar-refractivity contribution in [1.82, 2.24) is 9.80 Å². The van der Waals surface area contributed by atoms with E-state index in [1.807, 2.05) is 0 Å². The number of likely N-dealkylation sites (tertiary alicyclic amines) is 1. The smallest absolute Gasteiger partial charge is 0.00162 e. The van der Waals surface area contributed by atoms with E-state index in [1.165, 1.54) is 58.4 Å². The molecule has 0 aromatic heterocycles. The fourth-order valence-corrected chi connectivity index (χ4v) is 2.46. The Hall–Kier alpha value is -0.0800. The van der Waals surface area contributed by atoms with Crippen LogP contribution in [0.25, 0.3) is 0 Å². The van der Waals surface area contributed by atoms with E-state index in [9.17, 15) is 0 Å². The van der Waals surface area contributed by atoms with Crippen LogP contribution in [0.15, 0.2) is 0 Å². The second-order valence-electron chi connectivity index (χ2n) is 4.97. The first-order chi connectivity index (χ1) is 7.26. The third kappa shape index (κ3) is 4.98. The molecular weight excluding hydrogens is 184 g/mol. The number of nitrogens with zero attached hydrogens (tertiary/aromatic N) is 2. The van der Waals surface area contributed by atoms with Gasteiger partial charge in [0.15, 0.2) is 0 Å². The van der Waals surface area contributed by atoms with Crippen LogP contribution in [0.1, 0.15) is 39.5 Å². The molecule has 0 spiro atoms. The average Bonchev–Trinajstić information content (AvgIpc) is 2.26. The Bertz CT molecular complexity index is 151. The van der Waals surface area contributed by atoms with Crippen molar-refractivity contribution in [2.24, 2.45) is 5.92 Å². The van der Waals surface area contributed by atoms with E-state index in [4.69, 9.17) is 0 Å². The van der Waals surface area contributed by atoms with Crippen molar-refractivity contribution < 1.29 is 0 Å². The van der Waals surface area contributed by atoms with E-state index in [0.717, 1.165) is 5.92 Å². The molecule has 1 fully saturated rings. The first-order valence-corrected chi connectivity index (χ1v) is 6.67. The second kappa shape index (κ2) is 7.24. The minimum absolute atomic E-state index is 0.993. The molecule has 90 valence electrons. The molecule has 15 heavy (non-hydrogen) atoms. The van der Waals surface area contributed by atoms with Gasteiger partial charge in [0.05, 0.1) is 0 Å². The molecule has 0 atom stereocenters. The highest BCUT2D eigenvalue weighted by Gasteiger charge is 2.16.